The second kappa shape index (κ2) is 19.5. The molecule has 0 bridgehead atoms. The molecule has 0 unspecified atom stereocenters. The lowest BCUT2D eigenvalue weighted by Gasteiger charge is -2.16. The molecule has 0 N–H and O–H groups in total. The molecule has 84 heavy (non-hydrogen) atoms. The molecule has 0 fully saturated rings. The van der Waals surface area contributed by atoms with Gasteiger partial charge in [0.15, 0.2) is 0 Å². The highest BCUT2D eigenvalue weighted by molar-refractivity contribution is 6.09. The van der Waals surface area contributed by atoms with Gasteiger partial charge >= 0.3 is 0 Å². The van der Waals surface area contributed by atoms with Crippen molar-refractivity contribution in [2.24, 2.45) is 0 Å². The van der Waals surface area contributed by atoms with E-state index < -0.39 is 0 Å². The van der Waals surface area contributed by atoms with Gasteiger partial charge in [-0.25, -0.2) is 9.97 Å². The van der Waals surface area contributed by atoms with Crippen LogP contribution in [0.25, 0.3) is 165 Å². The molecule has 0 aliphatic carbocycles. The number of nitrogens with zero attached hydrogens (tertiary/aromatic N) is 6. The minimum atomic E-state index is 0.615. The van der Waals surface area contributed by atoms with E-state index in [1.54, 1.807) is 0 Å². The van der Waals surface area contributed by atoms with Gasteiger partial charge in [-0.05, 0) is 208 Å². The third-order valence-electron chi connectivity index (χ3n) is 16.7. The molecule has 0 spiro atoms. The van der Waals surface area contributed by atoms with Gasteiger partial charge in [-0.15, -0.1) is 0 Å². The number of hydrogen-bond acceptors (Lipinski definition) is 6. The summed E-state index contributed by atoms with van der Waals surface area (Å²) in [5.74, 6) is 0. The van der Waals surface area contributed by atoms with Crippen LogP contribution in [0.1, 0.15) is 11.1 Å². The average molecular weight is 1070 g/mol. The Morgan fingerprint density at radius 2 is 0.595 bits per heavy atom. The molecule has 6 nitrogen and oxygen atoms in total. The number of aromatic nitrogens is 4. The Morgan fingerprint density at radius 3 is 1.12 bits per heavy atom. The maximum atomic E-state index is 9.85. The molecule has 0 radical (unpaired) electrons. The second-order valence-electron chi connectivity index (χ2n) is 21.6. The van der Waals surface area contributed by atoms with Crippen LogP contribution in [0, 0.1) is 22.7 Å². The van der Waals surface area contributed by atoms with Gasteiger partial charge in [-0.2, -0.15) is 10.5 Å². The van der Waals surface area contributed by atoms with E-state index in [9.17, 15) is 10.5 Å². The molecule has 0 aliphatic rings. The van der Waals surface area contributed by atoms with Gasteiger partial charge < -0.3 is 0 Å². The smallest absolute Gasteiger partial charge is 0.0991 e. The Bertz CT molecular complexity index is 5520. The molecule has 16 aromatic rings. The van der Waals surface area contributed by atoms with Crippen molar-refractivity contribution < 1.29 is 0 Å². The quantitative estimate of drug-likeness (QED) is 0.147. The summed E-state index contributed by atoms with van der Waals surface area (Å²) in [7, 11) is 0. The first kappa shape index (κ1) is 48.2. The fourth-order valence-electron chi connectivity index (χ4n) is 12.4. The number of hydrogen-bond donors (Lipinski definition) is 0. The third kappa shape index (κ3) is 8.33. The van der Waals surface area contributed by atoms with Crippen molar-refractivity contribution in [3.05, 3.63) is 278 Å². The van der Waals surface area contributed by atoms with Crippen LogP contribution < -0.4 is 0 Å². The molecule has 4 aromatic heterocycles. The van der Waals surface area contributed by atoms with E-state index >= 15 is 0 Å². The molecule has 0 aliphatic heterocycles. The monoisotopic (exact) mass is 1060 g/mol. The number of pyridine rings is 4. The summed E-state index contributed by atoms with van der Waals surface area (Å²) < 4.78 is 0. The molecular weight excluding hydrogens is 1020 g/mol. The first-order valence-corrected chi connectivity index (χ1v) is 28.0. The minimum absolute atomic E-state index is 0.615. The fraction of sp³-hybridized carbons (Fsp3) is 0. The van der Waals surface area contributed by atoms with E-state index in [-0.39, 0.29) is 0 Å². The van der Waals surface area contributed by atoms with Crippen molar-refractivity contribution in [3.8, 4) is 90.3 Å². The topological polar surface area (TPSA) is 99.1 Å². The summed E-state index contributed by atoms with van der Waals surface area (Å²) in [4.78, 5) is 20.3. The van der Waals surface area contributed by atoms with Crippen molar-refractivity contribution in [1.29, 1.82) is 10.5 Å². The Kier molecular flexibility index (Phi) is 11.2. The summed E-state index contributed by atoms with van der Waals surface area (Å²) in [6, 6.07) is 94.6. The van der Waals surface area contributed by atoms with E-state index in [2.05, 4.69) is 218 Å². The molecule has 0 amide bonds. The highest BCUT2D eigenvalue weighted by Gasteiger charge is 2.18. The van der Waals surface area contributed by atoms with E-state index in [0.29, 0.717) is 11.1 Å². The van der Waals surface area contributed by atoms with Gasteiger partial charge in [0.2, 0.25) is 0 Å². The van der Waals surface area contributed by atoms with E-state index in [0.717, 1.165) is 165 Å². The lowest BCUT2D eigenvalue weighted by Crippen LogP contribution is -1.92. The lowest BCUT2D eigenvalue weighted by molar-refractivity contribution is 1.37. The number of benzene rings is 12. The van der Waals surface area contributed by atoms with Crippen LogP contribution in [0.5, 0.6) is 0 Å². The van der Waals surface area contributed by atoms with Crippen molar-refractivity contribution in [2.45, 2.75) is 0 Å². The van der Waals surface area contributed by atoms with Gasteiger partial charge in [0.05, 0.1) is 56.7 Å². The highest BCUT2D eigenvalue weighted by Crippen LogP contribution is 2.43. The molecule has 386 valence electrons. The summed E-state index contributed by atoms with van der Waals surface area (Å²) in [5, 5.41) is 32.4. The molecule has 16 rings (SSSR count). The third-order valence-corrected chi connectivity index (χ3v) is 16.7. The van der Waals surface area contributed by atoms with Crippen LogP contribution in [0.3, 0.4) is 0 Å². The molecule has 0 saturated heterocycles. The van der Waals surface area contributed by atoms with E-state index in [1.165, 1.54) is 0 Å². The zero-order valence-corrected chi connectivity index (χ0v) is 45.1. The molecular formula is C78H44N6. The van der Waals surface area contributed by atoms with Crippen molar-refractivity contribution in [1.82, 2.24) is 19.9 Å². The standard InChI is InChI=1S/C78H44N6/c79-45-47-9-13-49(14-10-47)55-21-22-57-36-58(24-23-56(57)35-55)64-41-66-38-60(26-30-69(66)72(44-64)74-32-28-54-20-18-52-7-4-34-82-76(52)78(54)84-74)63-40-65-37-59(25-29-68(65)70(42-63)50-15-11-48(46-80)12-16-50)62-39-61-5-1-2-8-67(61)71(43-62)73-31-27-53-19-17-51-6-3-33-81-75(51)77(53)83-73/h1-44H. The van der Waals surface area contributed by atoms with Crippen molar-refractivity contribution in [3.63, 3.8) is 0 Å². The predicted octanol–water partition coefficient (Wildman–Crippen LogP) is 19.9. The SMILES string of the molecule is N#Cc1ccc(-c2ccc3cc(-c4cc(-c5ccc6ccc7cccnc7c6n5)c5ccc(-c6cc(-c7ccc(C#N)cc7)c7ccc(-c8cc(-c9ccc%10ccc%11cccnc%11c%10n9)c9ccccc9c8)cc7c6)cc5c4)ccc3c2)cc1. The minimum Gasteiger partial charge on any atom is -0.254 e. The Morgan fingerprint density at radius 1 is 0.238 bits per heavy atom. The highest BCUT2D eigenvalue weighted by atomic mass is 14.8. The fourth-order valence-corrected chi connectivity index (χ4v) is 12.4. The summed E-state index contributed by atoms with van der Waals surface area (Å²) in [6.07, 6.45) is 3.68. The Hall–Kier alpha value is -11.7. The van der Waals surface area contributed by atoms with Gasteiger partial charge in [-0.1, -0.05) is 146 Å². The lowest BCUT2D eigenvalue weighted by atomic mass is 9.88. The van der Waals surface area contributed by atoms with Gasteiger partial charge in [0.25, 0.3) is 0 Å². The first-order valence-electron chi connectivity index (χ1n) is 28.0. The predicted molar refractivity (Wildman–Crippen MR) is 345 cm³/mol. The van der Waals surface area contributed by atoms with Crippen LogP contribution in [-0.4, -0.2) is 19.9 Å². The summed E-state index contributed by atoms with van der Waals surface area (Å²) >= 11 is 0. The molecule has 0 saturated carbocycles. The Labute approximate surface area is 483 Å². The van der Waals surface area contributed by atoms with E-state index in [4.69, 9.17) is 19.9 Å². The van der Waals surface area contributed by atoms with Gasteiger partial charge in [0, 0.05) is 45.1 Å². The van der Waals surface area contributed by atoms with E-state index in [1.807, 2.05) is 60.9 Å². The molecule has 6 heteroatoms. The first-order chi connectivity index (χ1) is 41.4. The van der Waals surface area contributed by atoms with Crippen LogP contribution >= 0.6 is 0 Å². The van der Waals surface area contributed by atoms with Gasteiger partial charge in [-0.3, -0.25) is 9.97 Å². The molecule has 12 aromatic carbocycles. The zero-order valence-electron chi connectivity index (χ0n) is 45.1. The maximum Gasteiger partial charge on any atom is 0.0991 e. The molecule has 0 atom stereocenters. The molecule has 4 heterocycles. The summed E-state index contributed by atoms with van der Waals surface area (Å²) in [5.41, 5.74) is 19.4. The van der Waals surface area contributed by atoms with Crippen LogP contribution in [0.4, 0.5) is 0 Å². The average Bonchev–Trinajstić information content (AvgIpc) is 3.72. The van der Waals surface area contributed by atoms with Crippen molar-refractivity contribution >= 4 is 86.7 Å². The van der Waals surface area contributed by atoms with Crippen LogP contribution in [0.2, 0.25) is 0 Å². The van der Waals surface area contributed by atoms with Crippen LogP contribution in [0.15, 0.2) is 267 Å². The van der Waals surface area contributed by atoms with Crippen molar-refractivity contribution in [2.75, 3.05) is 0 Å². The van der Waals surface area contributed by atoms with Crippen LogP contribution in [-0.2, 0) is 0 Å². The maximum absolute atomic E-state index is 9.85. The number of fused-ring (bicyclic) bond motifs is 10. The summed E-state index contributed by atoms with van der Waals surface area (Å²) in [6.45, 7) is 0. The number of rotatable bonds is 7. The Balaban J connectivity index is 0.864. The number of nitriles is 2. The zero-order chi connectivity index (χ0) is 55.8. The second-order valence-corrected chi connectivity index (χ2v) is 21.6. The normalized spacial score (nSPS) is 11.5. The largest absolute Gasteiger partial charge is 0.254 e. The van der Waals surface area contributed by atoms with Gasteiger partial charge in [0.1, 0.15) is 0 Å².